The van der Waals surface area contributed by atoms with Gasteiger partial charge in [0, 0.05) is 0 Å². The molecular formula is C20H27NO3. The van der Waals surface area contributed by atoms with Gasteiger partial charge >= 0.3 is 0 Å². The third-order valence-corrected chi connectivity index (χ3v) is 6.19. The van der Waals surface area contributed by atoms with Gasteiger partial charge in [0.05, 0.1) is 17.6 Å². The van der Waals surface area contributed by atoms with Crippen molar-refractivity contribution in [2.75, 3.05) is 13.2 Å². The molecule has 4 fully saturated rings. The Morgan fingerprint density at radius 3 is 2.50 bits per heavy atom. The maximum Gasteiger partial charge on any atom is 0.226 e. The van der Waals surface area contributed by atoms with Crippen LogP contribution in [0.1, 0.15) is 44.1 Å². The maximum absolute atomic E-state index is 12.8. The molecule has 0 spiro atoms. The van der Waals surface area contributed by atoms with Crippen molar-refractivity contribution in [2.45, 2.75) is 51.0 Å². The molecular weight excluding hydrogens is 302 g/mol. The number of hydrogen-bond donors (Lipinski definition) is 2. The first-order valence-electron chi connectivity index (χ1n) is 9.17. The first kappa shape index (κ1) is 15.9. The molecule has 4 heteroatoms. The zero-order valence-electron chi connectivity index (χ0n) is 14.4. The minimum atomic E-state index is -0.584. The van der Waals surface area contributed by atoms with E-state index in [4.69, 9.17) is 4.74 Å². The number of benzene rings is 1. The van der Waals surface area contributed by atoms with Gasteiger partial charge in [0.25, 0.3) is 0 Å². The van der Waals surface area contributed by atoms with Crippen LogP contribution in [0.3, 0.4) is 0 Å². The van der Waals surface area contributed by atoms with Gasteiger partial charge < -0.3 is 15.2 Å². The van der Waals surface area contributed by atoms with E-state index in [0.717, 1.165) is 31.4 Å². The molecule has 2 N–H and O–H groups in total. The number of carbonyl (C=O) groups is 1. The van der Waals surface area contributed by atoms with Crippen LogP contribution in [0.5, 0.6) is 5.75 Å². The first-order valence-corrected chi connectivity index (χ1v) is 9.17. The lowest BCUT2D eigenvalue weighted by molar-refractivity contribution is -0.178. The SMILES string of the molecule is Cc1ccc(OCCNC(=O)C23CC4CC(CC(O)(C4)C2)C3)cc1. The Bertz CT molecular complexity index is 610. The summed E-state index contributed by atoms with van der Waals surface area (Å²) in [5.41, 5.74) is 0.290. The summed E-state index contributed by atoms with van der Waals surface area (Å²) in [6.07, 6.45) is 5.56. The van der Waals surface area contributed by atoms with Crippen LogP contribution in [0.4, 0.5) is 0 Å². The predicted molar refractivity (Wildman–Crippen MR) is 91.7 cm³/mol. The quantitative estimate of drug-likeness (QED) is 0.817. The van der Waals surface area contributed by atoms with Crippen molar-refractivity contribution in [3.05, 3.63) is 29.8 Å². The van der Waals surface area contributed by atoms with Crippen LogP contribution < -0.4 is 10.1 Å². The van der Waals surface area contributed by atoms with Crippen molar-refractivity contribution in [1.29, 1.82) is 0 Å². The van der Waals surface area contributed by atoms with Crippen molar-refractivity contribution in [1.82, 2.24) is 5.32 Å². The summed E-state index contributed by atoms with van der Waals surface area (Å²) in [5, 5.41) is 13.8. The minimum absolute atomic E-state index is 0.127. The van der Waals surface area contributed by atoms with Crippen molar-refractivity contribution in [3.63, 3.8) is 0 Å². The fourth-order valence-electron chi connectivity index (χ4n) is 5.64. The normalized spacial score (nSPS) is 36.6. The molecule has 1 amide bonds. The Labute approximate surface area is 143 Å². The average Bonchev–Trinajstić information content (AvgIpc) is 2.50. The molecule has 4 nitrogen and oxygen atoms in total. The Morgan fingerprint density at radius 1 is 1.21 bits per heavy atom. The molecule has 4 aliphatic rings. The van der Waals surface area contributed by atoms with E-state index in [2.05, 4.69) is 5.32 Å². The number of amides is 1. The molecule has 0 aliphatic heterocycles. The van der Waals surface area contributed by atoms with Gasteiger partial charge in [-0.25, -0.2) is 0 Å². The molecule has 5 rings (SSSR count). The molecule has 0 radical (unpaired) electrons. The van der Waals surface area contributed by atoms with E-state index >= 15 is 0 Å². The highest BCUT2D eigenvalue weighted by molar-refractivity contribution is 5.83. The summed E-state index contributed by atoms with van der Waals surface area (Å²) < 4.78 is 5.69. The fraction of sp³-hybridized carbons (Fsp3) is 0.650. The van der Waals surface area contributed by atoms with Crippen LogP contribution in [0.15, 0.2) is 24.3 Å². The summed E-state index contributed by atoms with van der Waals surface area (Å²) >= 11 is 0. The lowest BCUT2D eigenvalue weighted by Gasteiger charge is -2.59. The highest BCUT2D eigenvalue weighted by Crippen LogP contribution is 2.61. The van der Waals surface area contributed by atoms with Crippen LogP contribution >= 0.6 is 0 Å². The maximum atomic E-state index is 12.8. The summed E-state index contributed by atoms with van der Waals surface area (Å²) in [7, 11) is 0. The van der Waals surface area contributed by atoms with Gasteiger partial charge in [-0.2, -0.15) is 0 Å². The Balaban J connectivity index is 1.31. The van der Waals surface area contributed by atoms with Gasteiger partial charge in [-0.1, -0.05) is 17.7 Å². The van der Waals surface area contributed by atoms with Crippen LogP contribution in [0.25, 0.3) is 0 Å². The van der Waals surface area contributed by atoms with Crippen LogP contribution in [-0.4, -0.2) is 29.8 Å². The molecule has 4 bridgehead atoms. The van der Waals surface area contributed by atoms with E-state index in [-0.39, 0.29) is 11.3 Å². The van der Waals surface area contributed by atoms with Crippen molar-refractivity contribution in [2.24, 2.45) is 17.3 Å². The van der Waals surface area contributed by atoms with Gasteiger partial charge in [0.15, 0.2) is 0 Å². The van der Waals surface area contributed by atoms with E-state index in [9.17, 15) is 9.90 Å². The third kappa shape index (κ3) is 2.92. The van der Waals surface area contributed by atoms with E-state index in [1.54, 1.807) is 0 Å². The van der Waals surface area contributed by atoms with Crippen molar-refractivity contribution in [3.8, 4) is 5.75 Å². The molecule has 4 aliphatic carbocycles. The lowest BCUT2D eigenvalue weighted by atomic mass is 9.47. The summed E-state index contributed by atoms with van der Waals surface area (Å²) in [4.78, 5) is 12.8. The van der Waals surface area contributed by atoms with E-state index in [0.29, 0.717) is 31.4 Å². The van der Waals surface area contributed by atoms with Gasteiger partial charge in [0.1, 0.15) is 12.4 Å². The molecule has 0 saturated heterocycles. The fourth-order valence-corrected chi connectivity index (χ4v) is 5.64. The smallest absolute Gasteiger partial charge is 0.226 e. The highest BCUT2D eigenvalue weighted by Gasteiger charge is 2.59. The number of carbonyl (C=O) groups excluding carboxylic acids is 1. The summed E-state index contributed by atoms with van der Waals surface area (Å²) in [5.74, 6) is 2.03. The summed E-state index contributed by atoms with van der Waals surface area (Å²) in [6.45, 7) is 3.04. The van der Waals surface area contributed by atoms with E-state index in [1.807, 2.05) is 31.2 Å². The topological polar surface area (TPSA) is 58.6 Å². The second-order valence-electron chi connectivity index (χ2n) is 8.38. The molecule has 24 heavy (non-hydrogen) atoms. The molecule has 2 unspecified atom stereocenters. The number of hydrogen-bond acceptors (Lipinski definition) is 3. The standard InChI is InChI=1S/C20H27NO3/c1-14-2-4-17(5-3-14)24-7-6-21-18(22)19-9-15-8-16(10-19)12-20(23,11-15)13-19/h2-5,15-16,23H,6-13H2,1H3,(H,21,22). The van der Waals surface area contributed by atoms with Gasteiger partial charge in [-0.3, -0.25) is 4.79 Å². The zero-order chi connectivity index (χ0) is 16.8. The predicted octanol–water partition coefficient (Wildman–Crippen LogP) is 2.82. The van der Waals surface area contributed by atoms with Crippen molar-refractivity contribution < 1.29 is 14.6 Å². The van der Waals surface area contributed by atoms with Crippen LogP contribution in [-0.2, 0) is 4.79 Å². The van der Waals surface area contributed by atoms with Gasteiger partial charge in [0.2, 0.25) is 5.91 Å². The molecule has 0 heterocycles. The number of aryl methyl sites for hydroxylation is 1. The largest absolute Gasteiger partial charge is 0.492 e. The lowest BCUT2D eigenvalue weighted by Crippen LogP contribution is -2.60. The number of nitrogens with one attached hydrogen (secondary N) is 1. The average molecular weight is 329 g/mol. The van der Waals surface area contributed by atoms with Crippen LogP contribution in [0.2, 0.25) is 0 Å². The molecule has 4 saturated carbocycles. The monoisotopic (exact) mass is 329 g/mol. The second kappa shape index (κ2) is 5.76. The zero-order valence-corrected chi connectivity index (χ0v) is 14.4. The third-order valence-electron chi connectivity index (χ3n) is 6.19. The number of aliphatic hydroxyl groups is 1. The molecule has 2 atom stereocenters. The van der Waals surface area contributed by atoms with E-state index < -0.39 is 5.60 Å². The first-order chi connectivity index (χ1) is 11.5. The minimum Gasteiger partial charge on any atom is -0.492 e. The Hall–Kier alpha value is -1.55. The summed E-state index contributed by atoms with van der Waals surface area (Å²) in [6, 6.07) is 7.94. The Morgan fingerprint density at radius 2 is 1.88 bits per heavy atom. The van der Waals surface area contributed by atoms with Crippen LogP contribution in [0, 0.1) is 24.2 Å². The number of ether oxygens (including phenoxy) is 1. The molecule has 0 aromatic heterocycles. The molecule has 1 aromatic carbocycles. The van der Waals surface area contributed by atoms with Gasteiger partial charge in [-0.05, 0) is 69.4 Å². The highest BCUT2D eigenvalue weighted by atomic mass is 16.5. The second-order valence-corrected chi connectivity index (χ2v) is 8.38. The Kier molecular flexibility index (Phi) is 3.83. The molecule has 130 valence electrons. The molecule has 1 aromatic rings. The van der Waals surface area contributed by atoms with Gasteiger partial charge in [-0.15, -0.1) is 0 Å². The van der Waals surface area contributed by atoms with E-state index in [1.165, 1.54) is 12.0 Å². The number of rotatable bonds is 5. The van der Waals surface area contributed by atoms with Crippen molar-refractivity contribution >= 4 is 5.91 Å².